The predicted molar refractivity (Wildman–Crippen MR) is 39.1 cm³/mol. The lowest BCUT2D eigenvalue weighted by Crippen LogP contribution is -1.83. The Morgan fingerprint density at radius 1 is 0.800 bits per heavy atom. The highest BCUT2D eigenvalue weighted by Crippen LogP contribution is 2.35. The molecule has 32 valence electrons. The van der Waals surface area contributed by atoms with E-state index in [0.717, 1.165) is 0 Å². The van der Waals surface area contributed by atoms with Crippen LogP contribution in [-0.4, -0.2) is 3.57 Å². The average Bonchev–Trinajstić information content (AvgIpc) is 0.722. The van der Waals surface area contributed by atoms with E-state index in [-0.39, 0.29) is 0 Å². The van der Waals surface area contributed by atoms with E-state index >= 15 is 0 Å². The van der Waals surface area contributed by atoms with Crippen LogP contribution in [0, 0.1) is 0 Å². The molecule has 1 nitrogen and oxygen atoms in total. The summed E-state index contributed by atoms with van der Waals surface area (Å²) >= 11 is 0. The van der Waals surface area contributed by atoms with Gasteiger partial charge in [-0.25, -0.2) is 0 Å². The van der Waals surface area contributed by atoms with Gasteiger partial charge in [0, 0.05) is 0 Å². The van der Waals surface area contributed by atoms with Crippen molar-refractivity contribution in [1.29, 1.82) is 0 Å². The molecule has 4 unspecified atom stereocenters. The second-order valence-corrected chi connectivity index (χ2v) is 8.05. The zero-order chi connectivity index (χ0) is 4.50. The van der Waals surface area contributed by atoms with Crippen LogP contribution in [0.15, 0.2) is 0 Å². The van der Waals surface area contributed by atoms with E-state index in [2.05, 4.69) is 37.6 Å². The Morgan fingerprint density at radius 3 is 0.800 bits per heavy atom. The molecular formula is H8NP4+. The summed E-state index contributed by atoms with van der Waals surface area (Å²) in [4.78, 5) is 0. The molecular weight excluding hydrogens is 138 g/mol. The third kappa shape index (κ3) is 27.3. The molecule has 0 heterocycles. The summed E-state index contributed by atoms with van der Waals surface area (Å²) in [5.74, 6) is 0. The molecule has 0 saturated carbocycles. The minimum absolute atomic E-state index is 0.667. The van der Waals surface area contributed by atoms with Gasteiger partial charge >= 0.3 is 0 Å². The standard InChI is InChI=1S/H8NP4/c2-1(3,4)5/h2-5H2/q+1. The van der Waals surface area contributed by atoms with E-state index in [1.54, 1.807) is 0 Å². The molecule has 0 bridgehead atoms. The fourth-order valence-corrected chi connectivity index (χ4v) is 0. The van der Waals surface area contributed by atoms with Crippen molar-refractivity contribution in [2.24, 2.45) is 0 Å². The zero-order valence-electron chi connectivity index (χ0n) is 2.76. The fraction of sp³-hybridized carbons (Fsp3) is 0. The van der Waals surface area contributed by atoms with Crippen LogP contribution in [0.5, 0.6) is 0 Å². The number of quaternary nitrogens is 1. The Kier molecular flexibility index (Phi) is 2.82. The maximum Gasteiger partial charge on any atom is 0.0772 e. The van der Waals surface area contributed by atoms with Crippen molar-refractivity contribution in [1.82, 2.24) is 0 Å². The third-order valence-corrected chi connectivity index (χ3v) is 0. The highest BCUT2D eigenvalue weighted by atomic mass is 31.2. The third-order valence-electron chi connectivity index (χ3n) is 0. The van der Waals surface area contributed by atoms with Gasteiger partial charge in [0.25, 0.3) is 0 Å². The molecule has 0 aliphatic rings. The average molecular weight is 146 g/mol. The second-order valence-electron chi connectivity index (χ2n) is 0.894. The molecule has 4 atom stereocenters. The van der Waals surface area contributed by atoms with Gasteiger partial charge in [-0.3, -0.25) is 3.57 Å². The Labute approximate surface area is 41.9 Å². The van der Waals surface area contributed by atoms with Gasteiger partial charge in [-0.1, -0.05) is 0 Å². The molecule has 0 radical (unpaired) electrons. The summed E-state index contributed by atoms with van der Waals surface area (Å²) in [7, 11) is 10.2. The number of rotatable bonds is 0. The smallest absolute Gasteiger partial charge is 0.0772 e. The van der Waals surface area contributed by atoms with Crippen LogP contribution in [0.4, 0.5) is 0 Å². The minimum atomic E-state index is 0.667. The molecule has 0 aliphatic carbocycles. The first-order valence-electron chi connectivity index (χ1n) is 1.03. The molecule has 5 heteroatoms. The molecule has 0 rings (SSSR count). The van der Waals surface area contributed by atoms with Crippen LogP contribution >= 0.6 is 37.6 Å². The van der Waals surface area contributed by atoms with Gasteiger partial charge < -0.3 is 0 Å². The Balaban J connectivity index is 3.02. The summed E-state index contributed by atoms with van der Waals surface area (Å²) in [5, 5.41) is 0. The molecule has 0 aromatic carbocycles. The van der Waals surface area contributed by atoms with Crippen molar-refractivity contribution in [2.45, 2.75) is 0 Å². The summed E-state index contributed by atoms with van der Waals surface area (Å²) < 4.78 is 0.667. The van der Waals surface area contributed by atoms with Crippen molar-refractivity contribution in [2.75, 3.05) is 0 Å². The molecule has 0 spiro atoms. The lowest BCUT2D eigenvalue weighted by Gasteiger charge is -2.11. The van der Waals surface area contributed by atoms with Crippen LogP contribution in [0.25, 0.3) is 0 Å². The van der Waals surface area contributed by atoms with E-state index in [0.29, 0.717) is 3.57 Å². The van der Waals surface area contributed by atoms with Crippen LogP contribution in [0.1, 0.15) is 0 Å². The molecule has 0 aliphatic heterocycles. The summed E-state index contributed by atoms with van der Waals surface area (Å²) in [5.41, 5.74) is 0. The van der Waals surface area contributed by atoms with E-state index < -0.39 is 0 Å². The van der Waals surface area contributed by atoms with Gasteiger partial charge in [0.1, 0.15) is 0 Å². The molecule has 0 aromatic rings. The zero-order valence-corrected chi connectivity index (χ0v) is 7.38. The molecule has 0 N–H and O–H groups in total. The fourth-order valence-electron chi connectivity index (χ4n) is 0. The van der Waals surface area contributed by atoms with E-state index in [1.807, 2.05) is 0 Å². The van der Waals surface area contributed by atoms with Gasteiger partial charge in [-0.15, -0.1) is 0 Å². The molecule has 5 heavy (non-hydrogen) atoms. The largest absolute Gasteiger partial charge is 0.287 e. The normalized spacial score (nSPS) is 12.0. The topological polar surface area (TPSA) is 0 Å². The van der Waals surface area contributed by atoms with Crippen molar-refractivity contribution in [3.63, 3.8) is 0 Å². The van der Waals surface area contributed by atoms with Crippen LogP contribution in [0.3, 0.4) is 0 Å². The van der Waals surface area contributed by atoms with Crippen LogP contribution < -0.4 is 0 Å². The summed E-state index contributed by atoms with van der Waals surface area (Å²) in [6, 6.07) is 0. The van der Waals surface area contributed by atoms with E-state index in [9.17, 15) is 0 Å². The lowest BCUT2D eigenvalue weighted by molar-refractivity contribution is -0.294. The molecule has 0 aromatic heterocycles. The van der Waals surface area contributed by atoms with Crippen molar-refractivity contribution in [3.05, 3.63) is 0 Å². The maximum atomic E-state index is 2.54. The van der Waals surface area contributed by atoms with Crippen molar-refractivity contribution < 1.29 is 3.57 Å². The lowest BCUT2D eigenvalue weighted by atomic mass is 13.8. The predicted octanol–water partition coefficient (Wildman–Crippen LogP) is 0.964. The van der Waals surface area contributed by atoms with Gasteiger partial charge in [0.2, 0.25) is 0 Å². The SMILES string of the molecule is P[N+](P)(P)P. The van der Waals surface area contributed by atoms with Crippen LogP contribution in [0.2, 0.25) is 0 Å². The molecule has 0 saturated heterocycles. The monoisotopic (exact) mass is 146 g/mol. The van der Waals surface area contributed by atoms with Crippen molar-refractivity contribution >= 4 is 37.6 Å². The first-order valence-corrected chi connectivity index (χ1v) is 3.10. The van der Waals surface area contributed by atoms with Crippen LogP contribution in [-0.2, 0) is 0 Å². The van der Waals surface area contributed by atoms with E-state index in [1.165, 1.54) is 0 Å². The Hall–Kier alpha value is 1.68. The first kappa shape index (κ1) is 6.68. The summed E-state index contributed by atoms with van der Waals surface area (Å²) in [6.45, 7) is 0. The van der Waals surface area contributed by atoms with Gasteiger partial charge in [-0.2, -0.15) is 0 Å². The van der Waals surface area contributed by atoms with Gasteiger partial charge in [-0.05, 0) is 0 Å². The Bertz CT molecular complexity index is 19.1. The highest BCUT2D eigenvalue weighted by molar-refractivity contribution is 7.48. The number of nitrogens with zero attached hydrogens (tertiary/aromatic N) is 1. The maximum absolute atomic E-state index is 2.54. The Morgan fingerprint density at radius 2 is 0.800 bits per heavy atom. The molecule has 0 amide bonds. The van der Waals surface area contributed by atoms with Gasteiger partial charge in [0.05, 0.1) is 37.6 Å². The molecule has 0 fully saturated rings. The first-order chi connectivity index (χ1) is 2.00. The highest BCUT2D eigenvalue weighted by Gasteiger charge is 1.91. The quantitative estimate of drug-likeness (QED) is 0.446. The van der Waals surface area contributed by atoms with Gasteiger partial charge in [0.15, 0.2) is 0 Å². The van der Waals surface area contributed by atoms with E-state index in [4.69, 9.17) is 0 Å². The number of hydrogen-bond acceptors (Lipinski definition) is 0. The summed E-state index contributed by atoms with van der Waals surface area (Å²) in [6.07, 6.45) is 0. The number of hydrogen-bond donors (Lipinski definition) is 0. The van der Waals surface area contributed by atoms with Crippen molar-refractivity contribution in [3.8, 4) is 0 Å². The second kappa shape index (κ2) is 2.11. The minimum Gasteiger partial charge on any atom is -0.287 e.